The number of phenols is 1. The van der Waals surface area contributed by atoms with E-state index in [4.69, 9.17) is 14.2 Å². The molecule has 2 rings (SSSR count). The third-order valence-electron chi connectivity index (χ3n) is 6.58. The number of carbonyl (C=O) groups excluding carboxylic acids is 5. The molecule has 1 saturated heterocycles. The molecule has 0 bridgehead atoms. The lowest BCUT2D eigenvalue weighted by molar-refractivity contribution is -0.177. The summed E-state index contributed by atoms with van der Waals surface area (Å²) < 4.78 is 16.7. The summed E-state index contributed by atoms with van der Waals surface area (Å²) in [4.78, 5) is 62.4. The lowest BCUT2D eigenvalue weighted by Gasteiger charge is -2.30. The van der Waals surface area contributed by atoms with Crippen LogP contribution in [0.25, 0.3) is 0 Å². The van der Waals surface area contributed by atoms with Crippen molar-refractivity contribution in [3.8, 4) is 5.75 Å². The average molecular weight is 535 g/mol. The van der Waals surface area contributed by atoms with Crippen LogP contribution in [0.3, 0.4) is 0 Å². The van der Waals surface area contributed by atoms with Crippen LogP contribution in [0, 0.1) is 11.8 Å². The molecule has 1 fully saturated rings. The van der Waals surface area contributed by atoms with Crippen molar-refractivity contribution in [2.24, 2.45) is 11.8 Å². The number of para-hydroxylation sites is 1. The van der Waals surface area contributed by atoms with Crippen molar-refractivity contribution < 1.29 is 43.3 Å². The molecule has 11 nitrogen and oxygen atoms in total. The van der Waals surface area contributed by atoms with Crippen molar-refractivity contribution >= 4 is 35.9 Å². The molecule has 5 unspecified atom stereocenters. The Morgan fingerprint density at radius 2 is 1.92 bits per heavy atom. The lowest BCUT2D eigenvalue weighted by Crippen LogP contribution is -2.46. The molecule has 1 aliphatic heterocycles. The highest BCUT2D eigenvalue weighted by Gasteiger charge is 2.42. The van der Waals surface area contributed by atoms with E-state index in [1.54, 1.807) is 6.92 Å². The zero-order valence-corrected chi connectivity index (χ0v) is 22.4. The number of ether oxygens (including phenoxy) is 3. The molecule has 5 atom stereocenters. The van der Waals surface area contributed by atoms with Gasteiger partial charge in [-0.15, -0.1) is 0 Å². The molecule has 11 heteroatoms. The van der Waals surface area contributed by atoms with E-state index >= 15 is 0 Å². The zero-order valence-electron chi connectivity index (χ0n) is 22.4. The Hall–Kier alpha value is -3.63. The number of hydrogen-bond donors (Lipinski definition) is 3. The van der Waals surface area contributed by atoms with E-state index in [2.05, 4.69) is 17.6 Å². The highest BCUT2D eigenvalue weighted by Crippen LogP contribution is 2.28. The SMILES string of the molecule is CCCCCCC1C(=O)OCC(NC(=O)c2cccc(NC=O)c2O)C(=O)OC(C)C1OC(=O)C(C)CC. The summed E-state index contributed by atoms with van der Waals surface area (Å²) in [5.41, 5.74) is -0.209. The number of nitrogens with one attached hydrogen (secondary N) is 2. The smallest absolute Gasteiger partial charge is 0.332 e. The van der Waals surface area contributed by atoms with Crippen molar-refractivity contribution in [2.45, 2.75) is 84.5 Å². The van der Waals surface area contributed by atoms with Crippen LogP contribution in [0.5, 0.6) is 5.75 Å². The summed E-state index contributed by atoms with van der Waals surface area (Å²) in [7, 11) is 0. The topological polar surface area (TPSA) is 157 Å². The highest BCUT2D eigenvalue weighted by molar-refractivity contribution is 6.01. The molecule has 3 N–H and O–H groups in total. The highest BCUT2D eigenvalue weighted by atomic mass is 16.6. The van der Waals surface area contributed by atoms with E-state index in [-0.39, 0.29) is 11.3 Å². The number of esters is 3. The maximum Gasteiger partial charge on any atom is 0.332 e. The molecule has 0 saturated carbocycles. The number of carbonyl (C=O) groups is 5. The van der Waals surface area contributed by atoms with Crippen LogP contribution < -0.4 is 10.6 Å². The first kappa shape index (κ1) is 30.6. The molecule has 1 aromatic rings. The Morgan fingerprint density at radius 1 is 1.18 bits per heavy atom. The fourth-order valence-electron chi connectivity index (χ4n) is 4.05. The minimum Gasteiger partial charge on any atom is -0.505 e. The van der Waals surface area contributed by atoms with Crippen LogP contribution in [-0.2, 0) is 33.4 Å². The van der Waals surface area contributed by atoms with E-state index in [0.717, 1.165) is 19.3 Å². The van der Waals surface area contributed by atoms with Gasteiger partial charge >= 0.3 is 17.9 Å². The first-order chi connectivity index (χ1) is 18.1. The predicted octanol–water partition coefficient (Wildman–Crippen LogP) is 3.09. The number of rotatable bonds is 12. The minimum absolute atomic E-state index is 0.00150. The third kappa shape index (κ3) is 8.19. The number of phenolic OH excluding ortho intramolecular Hbond substituents is 1. The Morgan fingerprint density at radius 3 is 2.58 bits per heavy atom. The van der Waals surface area contributed by atoms with Gasteiger partial charge in [0.2, 0.25) is 6.41 Å². The Kier molecular flexibility index (Phi) is 12.0. The van der Waals surface area contributed by atoms with E-state index in [9.17, 15) is 29.1 Å². The van der Waals surface area contributed by atoms with Crippen molar-refractivity contribution in [1.29, 1.82) is 0 Å². The van der Waals surface area contributed by atoms with Gasteiger partial charge < -0.3 is 30.0 Å². The molecule has 1 aromatic carbocycles. The number of aromatic hydroxyl groups is 1. The van der Waals surface area contributed by atoms with Gasteiger partial charge in [0.25, 0.3) is 5.91 Å². The molecule has 1 aliphatic rings. The number of unbranched alkanes of at least 4 members (excludes halogenated alkanes) is 3. The second-order valence-electron chi connectivity index (χ2n) is 9.43. The van der Waals surface area contributed by atoms with Gasteiger partial charge in [-0.05, 0) is 31.9 Å². The largest absolute Gasteiger partial charge is 0.505 e. The van der Waals surface area contributed by atoms with Gasteiger partial charge in [-0.2, -0.15) is 0 Å². The summed E-state index contributed by atoms with van der Waals surface area (Å²) >= 11 is 0. The fourth-order valence-corrected chi connectivity index (χ4v) is 4.05. The van der Waals surface area contributed by atoms with E-state index in [0.29, 0.717) is 25.7 Å². The Labute approximate surface area is 222 Å². The van der Waals surface area contributed by atoms with Crippen molar-refractivity contribution in [1.82, 2.24) is 5.32 Å². The molecule has 0 spiro atoms. The maximum atomic E-state index is 13.2. The molecule has 2 amide bonds. The monoisotopic (exact) mass is 534 g/mol. The molecule has 38 heavy (non-hydrogen) atoms. The molecule has 0 radical (unpaired) electrons. The van der Waals surface area contributed by atoms with Crippen LogP contribution in [0.15, 0.2) is 18.2 Å². The van der Waals surface area contributed by atoms with Gasteiger partial charge in [-0.1, -0.05) is 52.5 Å². The van der Waals surface area contributed by atoms with Crippen LogP contribution in [0.1, 0.15) is 76.6 Å². The number of cyclic esters (lactones) is 2. The van der Waals surface area contributed by atoms with E-state index in [1.165, 1.54) is 25.1 Å². The molecule has 0 aliphatic carbocycles. The van der Waals surface area contributed by atoms with Crippen LogP contribution in [-0.4, -0.2) is 60.2 Å². The summed E-state index contributed by atoms with van der Waals surface area (Å²) in [6, 6.07) is 2.73. The Bertz CT molecular complexity index is 997. The number of amides is 2. The molecular weight excluding hydrogens is 496 g/mol. The molecule has 210 valence electrons. The molecule has 0 aromatic heterocycles. The summed E-state index contributed by atoms with van der Waals surface area (Å²) in [5, 5.41) is 15.0. The Balaban J connectivity index is 2.28. The number of anilines is 1. The fraction of sp³-hybridized carbons (Fsp3) is 0.593. The first-order valence-electron chi connectivity index (χ1n) is 13.0. The number of benzene rings is 1. The van der Waals surface area contributed by atoms with E-state index < -0.39 is 66.3 Å². The lowest BCUT2D eigenvalue weighted by atomic mass is 9.91. The van der Waals surface area contributed by atoms with E-state index in [1.807, 2.05) is 6.92 Å². The van der Waals surface area contributed by atoms with Crippen LogP contribution >= 0.6 is 0 Å². The van der Waals surface area contributed by atoms with Gasteiger partial charge in [0.05, 0.1) is 23.1 Å². The zero-order chi connectivity index (χ0) is 28.2. The van der Waals surface area contributed by atoms with Crippen molar-refractivity contribution in [2.75, 3.05) is 11.9 Å². The van der Waals surface area contributed by atoms with Gasteiger partial charge in [0.1, 0.15) is 12.7 Å². The maximum absolute atomic E-state index is 13.2. The second-order valence-corrected chi connectivity index (χ2v) is 9.43. The standard InChI is InChI=1S/C27H38N2O9/c1-5-7-8-9-11-19-23(38-25(33)16(3)6-2)17(4)37-27(35)21(14-36-26(19)34)29-24(32)18-12-10-13-20(22(18)31)28-15-30/h10,12-13,15-17,19,21,23,31H,5-9,11,14H2,1-4H3,(H,28,30)(H,29,32). The minimum atomic E-state index is -1.39. The molecule has 1 heterocycles. The number of hydrogen-bond acceptors (Lipinski definition) is 9. The quantitative estimate of drug-likeness (QED) is 0.120. The molecular formula is C27H38N2O9. The van der Waals surface area contributed by atoms with Gasteiger partial charge in [-0.25, -0.2) is 4.79 Å². The summed E-state index contributed by atoms with van der Waals surface area (Å²) in [6.45, 7) is 6.63. The third-order valence-corrected chi connectivity index (χ3v) is 6.58. The van der Waals surface area contributed by atoms with Gasteiger partial charge in [0.15, 0.2) is 17.9 Å². The van der Waals surface area contributed by atoms with Crippen LogP contribution in [0.2, 0.25) is 0 Å². The van der Waals surface area contributed by atoms with Gasteiger partial charge in [0, 0.05) is 0 Å². The first-order valence-corrected chi connectivity index (χ1v) is 13.0. The van der Waals surface area contributed by atoms with Crippen molar-refractivity contribution in [3.63, 3.8) is 0 Å². The average Bonchev–Trinajstić information content (AvgIpc) is 2.93. The van der Waals surface area contributed by atoms with Gasteiger partial charge in [-0.3, -0.25) is 19.2 Å². The van der Waals surface area contributed by atoms with Crippen LogP contribution in [0.4, 0.5) is 5.69 Å². The summed E-state index contributed by atoms with van der Waals surface area (Å²) in [5.74, 6) is -4.67. The predicted molar refractivity (Wildman–Crippen MR) is 137 cm³/mol. The normalized spacial score (nSPS) is 22.5. The summed E-state index contributed by atoms with van der Waals surface area (Å²) in [6.07, 6.45) is 2.75. The van der Waals surface area contributed by atoms with Crippen molar-refractivity contribution in [3.05, 3.63) is 23.8 Å². The second kappa shape index (κ2) is 14.9.